The number of carbonyl (C=O) groups is 1. The number of rotatable bonds is 4. The highest BCUT2D eigenvalue weighted by molar-refractivity contribution is 5.83. The molecule has 1 N–H and O–H groups in total. The summed E-state index contributed by atoms with van der Waals surface area (Å²) in [6.45, 7) is 2.01. The second-order valence-corrected chi connectivity index (χ2v) is 4.13. The SMILES string of the molecule is COc1cc(Cc2ccccc2C)nc(C(=O)O)n1. The van der Waals surface area contributed by atoms with E-state index in [-0.39, 0.29) is 11.7 Å². The zero-order valence-electron chi connectivity index (χ0n) is 10.8. The van der Waals surface area contributed by atoms with Crippen molar-refractivity contribution in [2.24, 2.45) is 0 Å². The molecule has 0 spiro atoms. The van der Waals surface area contributed by atoms with Gasteiger partial charge in [-0.05, 0) is 18.1 Å². The van der Waals surface area contributed by atoms with Gasteiger partial charge in [0.1, 0.15) is 0 Å². The number of hydrogen-bond donors (Lipinski definition) is 1. The lowest BCUT2D eigenvalue weighted by molar-refractivity contribution is 0.0682. The average molecular weight is 258 g/mol. The first-order valence-electron chi connectivity index (χ1n) is 5.80. The van der Waals surface area contributed by atoms with E-state index in [4.69, 9.17) is 9.84 Å². The normalized spacial score (nSPS) is 10.2. The fourth-order valence-electron chi connectivity index (χ4n) is 1.77. The first-order chi connectivity index (χ1) is 9.10. The number of methoxy groups -OCH3 is 1. The molecule has 0 atom stereocenters. The van der Waals surface area contributed by atoms with Gasteiger partial charge in [0, 0.05) is 12.5 Å². The van der Waals surface area contributed by atoms with Crippen LogP contribution in [0, 0.1) is 6.92 Å². The summed E-state index contributed by atoms with van der Waals surface area (Å²) in [4.78, 5) is 18.8. The molecular formula is C14H14N2O3. The Morgan fingerprint density at radius 3 is 2.68 bits per heavy atom. The molecule has 98 valence electrons. The lowest BCUT2D eigenvalue weighted by atomic mass is 10.0. The Morgan fingerprint density at radius 1 is 1.32 bits per heavy atom. The number of aromatic carboxylic acids is 1. The largest absolute Gasteiger partial charge is 0.481 e. The molecule has 5 heteroatoms. The van der Waals surface area contributed by atoms with E-state index in [0.29, 0.717) is 12.1 Å². The second-order valence-electron chi connectivity index (χ2n) is 4.13. The van der Waals surface area contributed by atoms with Crippen molar-refractivity contribution in [1.29, 1.82) is 0 Å². The van der Waals surface area contributed by atoms with Gasteiger partial charge in [-0.2, -0.15) is 4.98 Å². The van der Waals surface area contributed by atoms with E-state index in [1.165, 1.54) is 7.11 Å². The highest BCUT2D eigenvalue weighted by Crippen LogP contribution is 2.15. The number of aromatic nitrogens is 2. The number of ether oxygens (including phenoxy) is 1. The Balaban J connectivity index is 2.37. The molecule has 0 bridgehead atoms. The molecule has 0 unspecified atom stereocenters. The first kappa shape index (κ1) is 13.0. The number of carboxylic acid groups (broad SMARTS) is 1. The Kier molecular flexibility index (Phi) is 3.75. The third kappa shape index (κ3) is 3.07. The van der Waals surface area contributed by atoms with Crippen molar-refractivity contribution in [2.75, 3.05) is 7.11 Å². The van der Waals surface area contributed by atoms with Crippen LogP contribution in [-0.2, 0) is 6.42 Å². The molecule has 0 amide bonds. The van der Waals surface area contributed by atoms with E-state index in [2.05, 4.69) is 9.97 Å². The molecule has 2 aromatic rings. The maximum atomic E-state index is 11.0. The number of hydrogen-bond acceptors (Lipinski definition) is 4. The monoisotopic (exact) mass is 258 g/mol. The molecule has 1 aromatic heterocycles. The fourth-order valence-corrected chi connectivity index (χ4v) is 1.77. The number of benzene rings is 1. The van der Waals surface area contributed by atoms with Crippen molar-refractivity contribution >= 4 is 5.97 Å². The van der Waals surface area contributed by atoms with Crippen molar-refractivity contribution < 1.29 is 14.6 Å². The molecule has 0 fully saturated rings. The fraction of sp³-hybridized carbons (Fsp3) is 0.214. The molecular weight excluding hydrogens is 244 g/mol. The van der Waals surface area contributed by atoms with Crippen LogP contribution in [0.3, 0.4) is 0 Å². The van der Waals surface area contributed by atoms with Crippen LogP contribution in [0.15, 0.2) is 30.3 Å². The van der Waals surface area contributed by atoms with Gasteiger partial charge in [0.15, 0.2) is 0 Å². The highest BCUT2D eigenvalue weighted by Gasteiger charge is 2.12. The zero-order valence-corrected chi connectivity index (χ0v) is 10.8. The van der Waals surface area contributed by atoms with Crippen LogP contribution in [0.25, 0.3) is 0 Å². The van der Waals surface area contributed by atoms with Gasteiger partial charge in [-0.3, -0.25) is 0 Å². The summed E-state index contributed by atoms with van der Waals surface area (Å²) in [6.07, 6.45) is 0.547. The van der Waals surface area contributed by atoms with Crippen molar-refractivity contribution in [3.63, 3.8) is 0 Å². The standard InChI is InChI=1S/C14H14N2O3/c1-9-5-3-4-6-10(9)7-11-8-12(19-2)16-13(15-11)14(17)18/h3-6,8H,7H2,1-2H3,(H,17,18). The number of carboxylic acids is 1. The van der Waals surface area contributed by atoms with Gasteiger partial charge in [0.25, 0.3) is 0 Å². The lowest BCUT2D eigenvalue weighted by Gasteiger charge is -2.07. The van der Waals surface area contributed by atoms with Crippen LogP contribution >= 0.6 is 0 Å². The van der Waals surface area contributed by atoms with E-state index in [9.17, 15) is 4.79 Å². The van der Waals surface area contributed by atoms with E-state index < -0.39 is 5.97 Å². The molecule has 0 aliphatic heterocycles. The summed E-state index contributed by atoms with van der Waals surface area (Å²) < 4.78 is 5.00. The molecule has 0 saturated carbocycles. The highest BCUT2D eigenvalue weighted by atomic mass is 16.5. The first-order valence-corrected chi connectivity index (χ1v) is 5.80. The smallest absolute Gasteiger partial charge is 0.374 e. The van der Waals surface area contributed by atoms with Crippen molar-refractivity contribution in [2.45, 2.75) is 13.3 Å². The minimum Gasteiger partial charge on any atom is -0.481 e. The van der Waals surface area contributed by atoms with Crippen molar-refractivity contribution in [3.05, 3.63) is 53.0 Å². The van der Waals surface area contributed by atoms with E-state index in [1.54, 1.807) is 6.07 Å². The van der Waals surface area contributed by atoms with Gasteiger partial charge in [-0.1, -0.05) is 24.3 Å². The van der Waals surface area contributed by atoms with Crippen LogP contribution < -0.4 is 4.74 Å². The van der Waals surface area contributed by atoms with Gasteiger partial charge in [-0.25, -0.2) is 9.78 Å². The van der Waals surface area contributed by atoms with Crippen LogP contribution in [0.1, 0.15) is 27.4 Å². The Morgan fingerprint density at radius 2 is 2.05 bits per heavy atom. The van der Waals surface area contributed by atoms with Gasteiger partial charge in [0.2, 0.25) is 11.7 Å². The van der Waals surface area contributed by atoms with Crippen LogP contribution in [0.2, 0.25) is 0 Å². The second kappa shape index (κ2) is 5.48. The molecule has 0 aliphatic carbocycles. The third-order valence-electron chi connectivity index (χ3n) is 2.79. The summed E-state index contributed by atoms with van der Waals surface area (Å²) in [6, 6.07) is 9.55. The quantitative estimate of drug-likeness (QED) is 0.909. The molecule has 0 aliphatic rings. The van der Waals surface area contributed by atoms with Crippen molar-refractivity contribution in [1.82, 2.24) is 9.97 Å². The van der Waals surface area contributed by atoms with Gasteiger partial charge < -0.3 is 9.84 Å². The van der Waals surface area contributed by atoms with E-state index in [0.717, 1.165) is 11.1 Å². The minimum atomic E-state index is -1.16. The zero-order chi connectivity index (χ0) is 13.8. The average Bonchev–Trinajstić information content (AvgIpc) is 2.41. The maximum absolute atomic E-state index is 11.0. The van der Waals surface area contributed by atoms with Gasteiger partial charge >= 0.3 is 5.97 Å². The minimum absolute atomic E-state index is 0.247. The Hall–Kier alpha value is -2.43. The number of aryl methyl sites for hydroxylation is 1. The van der Waals surface area contributed by atoms with Gasteiger partial charge in [0.05, 0.1) is 12.8 Å². The maximum Gasteiger partial charge on any atom is 0.374 e. The van der Waals surface area contributed by atoms with Crippen LogP contribution in [0.5, 0.6) is 5.88 Å². The summed E-state index contributed by atoms with van der Waals surface area (Å²) in [5.41, 5.74) is 2.86. The Labute approximate surface area is 110 Å². The molecule has 5 nitrogen and oxygen atoms in total. The van der Waals surface area contributed by atoms with E-state index in [1.807, 2.05) is 31.2 Å². The summed E-state index contributed by atoms with van der Waals surface area (Å²) in [5.74, 6) is -1.15. The van der Waals surface area contributed by atoms with Gasteiger partial charge in [-0.15, -0.1) is 0 Å². The number of nitrogens with zero attached hydrogens (tertiary/aromatic N) is 2. The predicted octanol–water partition coefficient (Wildman–Crippen LogP) is 2.08. The summed E-state index contributed by atoms with van der Waals surface area (Å²) in [7, 11) is 1.45. The molecule has 19 heavy (non-hydrogen) atoms. The molecule has 2 rings (SSSR count). The van der Waals surface area contributed by atoms with Crippen LogP contribution in [-0.4, -0.2) is 28.2 Å². The summed E-state index contributed by atoms with van der Waals surface area (Å²) in [5, 5.41) is 8.97. The van der Waals surface area contributed by atoms with Crippen molar-refractivity contribution in [3.8, 4) is 5.88 Å². The molecule has 1 heterocycles. The van der Waals surface area contributed by atoms with Crippen LogP contribution in [0.4, 0.5) is 0 Å². The summed E-state index contributed by atoms with van der Waals surface area (Å²) >= 11 is 0. The Bertz CT molecular complexity index is 611. The third-order valence-corrected chi connectivity index (χ3v) is 2.79. The molecule has 1 aromatic carbocycles. The predicted molar refractivity (Wildman–Crippen MR) is 69.5 cm³/mol. The molecule has 0 saturated heterocycles. The molecule has 0 radical (unpaired) electrons. The topological polar surface area (TPSA) is 72.3 Å². The van der Waals surface area contributed by atoms with E-state index >= 15 is 0 Å². The lowest BCUT2D eigenvalue weighted by Crippen LogP contribution is -2.08.